The third-order valence-corrected chi connectivity index (χ3v) is 2.92. The number of nitriles is 1. The first-order chi connectivity index (χ1) is 9.70. The molecule has 6 nitrogen and oxygen atoms in total. The van der Waals surface area contributed by atoms with E-state index in [9.17, 15) is 4.39 Å². The van der Waals surface area contributed by atoms with Crippen LogP contribution in [-0.2, 0) is 0 Å². The van der Waals surface area contributed by atoms with Crippen molar-refractivity contribution in [2.24, 2.45) is 0 Å². The number of hydrogen-bond acceptors (Lipinski definition) is 5. The van der Waals surface area contributed by atoms with Crippen molar-refractivity contribution in [1.82, 2.24) is 20.4 Å². The van der Waals surface area contributed by atoms with Crippen LogP contribution >= 0.6 is 11.6 Å². The van der Waals surface area contributed by atoms with Crippen molar-refractivity contribution in [1.29, 1.82) is 5.26 Å². The molecule has 0 fully saturated rings. The zero-order chi connectivity index (χ0) is 14.1. The maximum atomic E-state index is 13.2. The quantitative estimate of drug-likeness (QED) is 0.783. The van der Waals surface area contributed by atoms with Gasteiger partial charge in [-0.2, -0.15) is 15.6 Å². The lowest BCUT2D eigenvalue weighted by atomic mass is 10.1. The molecular weight excluding hydrogens is 285 g/mol. The van der Waals surface area contributed by atoms with Crippen LogP contribution in [0.2, 0.25) is 5.02 Å². The smallest absolute Gasteiger partial charge is 0.192 e. The lowest BCUT2D eigenvalue weighted by molar-refractivity contribution is 0.571. The highest BCUT2D eigenvalue weighted by molar-refractivity contribution is 6.31. The maximum absolute atomic E-state index is 13.2. The predicted molar refractivity (Wildman–Crippen MR) is 67.0 cm³/mol. The number of halogens is 2. The summed E-state index contributed by atoms with van der Waals surface area (Å²) in [5, 5.41) is 18.8. The summed E-state index contributed by atoms with van der Waals surface area (Å²) in [4.78, 5) is 4.02. The number of aromatic nitrogens is 4. The van der Waals surface area contributed by atoms with Crippen LogP contribution < -0.4 is 0 Å². The highest BCUT2D eigenvalue weighted by Crippen LogP contribution is 2.32. The monoisotopic (exact) mass is 289 g/mol. The fraction of sp³-hybridized carbons (Fsp3) is 0. The van der Waals surface area contributed by atoms with E-state index >= 15 is 0 Å². The number of benzene rings is 1. The number of aromatic amines is 1. The Balaban J connectivity index is 2.16. The normalized spacial score (nSPS) is 10.4. The Hall–Kier alpha value is -2.72. The van der Waals surface area contributed by atoms with Crippen molar-refractivity contribution in [3.8, 4) is 28.8 Å². The first kappa shape index (κ1) is 12.3. The molecule has 3 aromatic rings. The Morgan fingerprint density at radius 2 is 2.15 bits per heavy atom. The zero-order valence-electron chi connectivity index (χ0n) is 9.76. The Morgan fingerprint density at radius 1 is 1.30 bits per heavy atom. The van der Waals surface area contributed by atoms with Crippen molar-refractivity contribution in [2.45, 2.75) is 0 Å². The van der Waals surface area contributed by atoms with Gasteiger partial charge >= 0.3 is 0 Å². The number of oxazole rings is 1. The molecule has 0 unspecified atom stereocenters. The van der Waals surface area contributed by atoms with Gasteiger partial charge in [-0.1, -0.05) is 11.6 Å². The Kier molecular flexibility index (Phi) is 2.93. The van der Waals surface area contributed by atoms with Gasteiger partial charge in [0.1, 0.15) is 17.6 Å². The van der Waals surface area contributed by atoms with E-state index < -0.39 is 5.82 Å². The number of nitrogens with one attached hydrogen (secondary N) is 1. The third kappa shape index (κ3) is 1.92. The third-order valence-electron chi connectivity index (χ3n) is 2.63. The molecule has 2 aromatic heterocycles. The zero-order valence-corrected chi connectivity index (χ0v) is 10.5. The molecule has 0 bridgehead atoms. The molecule has 1 aromatic carbocycles. The molecule has 2 heterocycles. The van der Waals surface area contributed by atoms with Gasteiger partial charge in [0.25, 0.3) is 0 Å². The molecule has 0 amide bonds. The van der Waals surface area contributed by atoms with Gasteiger partial charge in [-0.3, -0.25) is 0 Å². The van der Waals surface area contributed by atoms with Gasteiger partial charge < -0.3 is 4.42 Å². The molecule has 0 aliphatic heterocycles. The van der Waals surface area contributed by atoms with Crippen LogP contribution in [0.3, 0.4) is 0 Å². The fourth-order valence-corrected chi connectivity index (χ4v) is 1.91. The van der Waals surface area contributed by atoms with Crippen LogP contribution in [0.15, 0.2) is 29.0 Å². The van der Waals surface area contributed by atoms with Crippen molar-refractivity contribution >= 4 is 11.6 Å². The first-order valence-corrected chi connectivity index (χ1v) is 5.78. The second-order valence-electron chi connectivity index (χ2n) is 3.79. The van der Waals surface area contributed by atoms with Crippen LogP contribution in [0.4, 0.5) is 4.39 Å². The highest BCUT2D eigenvalue weighted by Gasteiger charge is 2.20. The molecule has 0 spiro atoms. The fourth-order valence-electron chi connectivity index (χ4n) is 1.73. The van der Waals surface area contributed by atoms with Crippen LogP contribution in [0.5, 0.6) is 0 Å². The van der Waals surface area contributed by atoms with Gasteiger partial charge in [-0.25, -0.2) is 9.37 Å². The molecule has 0 aliphatic rings. The van der Waals surface area contributed by atoms with Gasteiger partial charge in [-0.15, -0.1) is 5.10 Å². The van der Waals surface area contributed by atoms with Crippen molar-refractivity contribution in [3.63, 3.8) is 0 Å². The summed E-state index contributed by atoms with van der Waals surface area (Å²) >= 11 is 5.74. The molecule has 98 valence electrons. The molecule has 0 saturated carbocycles. The second-order valence-corrected chi connectivity index (χ2v) is 4.20. The average Bonchev–Trinajstić information content (AvgIpc) is 3.08. The minimum Gasteiger partial charge on any atom is -0.443 e. The minimum absolute atomic E-state index is 0.0366. The molecule has 20 heavy (non-hydrogen) atoms. The summed E-state index contributed by atoms with van der Waals surface area (Å²) in [6.45, 7) is 0. The van der Waals surface area contributed by atoms with Gasteiger partial charge in [-0.05, 0) is 18.2 Å². The summed E-state index contributed by atoms with van der Waals surface area (Å²) < 4.78 is 18.5. The molecule has 1 N–H and O–H groups in total. The lowest BCUT2D eigenvalue weighted by Gasteiger charge is -2.00. The number of nitrogens with zero attached hydrogens (tertiary/aromatic N) is 4. The largest absolute Gasteiger partial charge is 0.443 e. The number of hydrogen-bond donors (Lipinski definition) is 1. The van der Waals surface area contributed by atoms with Crippen LogP contribution in [-0.4, -0.2) is 20.4 Å². The van der Waals surface area contributed by atoms with E-state index in [2.05, 4.69) is 20.4 Å². The molecule has 0 aliphatic carbocycles. The van der Waals surface area contributed by atoms with E-state index in [0.29, 0.717) is 17.0 Å². The molecule has 8 heteroatoms. The Morgan fingerprint density at radius 3 is 2.90 bits per heavy atom. The van der Waals surface area contributed by atoms with E-state index in [1.54, 1.807) is 0 Å². The number of rotatable bonds is 2. The van der Waals surface area contributed by atoms with E-state index in [0.717, 1.165) is 0 Å². The van der Waals surface area contributed by atoms with Gasteiger partial charge in [0.15, 0.2) is 23.5 Å². The minimum atomic E-state index is -0.532. The number of H-pyrrole nitrogens is 1. The van der Waals surface area contributed by atoms with Gasteiger partial charge in [0.2, 0.25) is 0 Å². The van der Waals surface area contributed by atoms with Crippen molar-refractivity contribution in [2.75, 3.05) is 0 Å². The van der Waals surface area contributed by atoms with E-state index in [-0.39, 0.29) is 16.4 Å². The molecular formula is C12H5ClFN5O. The summed E-state index contributed by atoms with van der Waals surface area (Å²) in [6, 6.07) is 6.02. The summed E-state index contributed by atoms with van der Waals surface area (Å²) in [5.74, 6) is -0.201. The summed E-state index contributed by atoms with van der Waals surface area (Å²) in [5.41, 5.74) is 1.21. The van der Waals surface area contributed by atoms with E-state index in [1.165, 1.54) is 24.6 Å². The van der Waals surface area contributed by atoms with Crippen LogP contribution in [0.25, 0.3) is 22.7 Å². The molecule has 0 saturated heterocycles. The van der Waals surface area contributed by atoms with Gasteiger partial charge in [0, 0.05) is 5.56 Å². The van der Waals surface area contributed by atoms with E-state index in [4.69, 9.17) is 21.3 Å². The van der Waals surface area contributed by atoms with E-state index in [1.807, 2.05) is 6.07 Å². The Labute approximate surface area is 116 Å². The highest BCUT2D eigenvalue weighted by atomic mass is 35.5. The summed E-state index contributed by atoms with van der Waals surface area (Å²) in [7, 11) is 0. The first-order valence-electron chi connectivity index (χ1n) is 5.41. The van der Waals surface area contributed by atoms with Gasteiger partial charge in [0.05, 0.1) is 5.02 Å². The molecule has 3 rings (SSSR count). The average molecular weight is 290 g/mol. The second kappa shape index (κ2) is 4.75. The van der Waals surface area contributed by atoms with Crippen LogP contribution in [0.1, 0.15) is 5.69 Å². The molecule has 0 atom stereocenters. The SMILES string of the molecule is N#Cc1n[nH]nc1-c1ncoc1-c1ccc(F)c(Cl)c1. The Bertz CT molecular complexity index is 819. The predicted octanol–water partition coefficient (Wildman–Crippen LogP) is 2.79. The maximum Gasteiger partial charge on any atom is 0.192 e. The van der Waals surface area contributed by atoms with Crippen molar-refractivity contribution < 1.29 is 8.81 Å². The standard InChI is InChI=1S/C12H5ClFN5O/c13-7-3-6(1-2-8(7)14)12-11(16-5-20-12)10-9(4-15)17-19-18-10/h1-3,5H,(H,17,18,19). The summed E-state index contributed by atoms with van der Waals surface area (Å²) in [6.07, 6.45) is 1.21. The lowest BCUT2D eigenvalue weighted by Crippen LogP contribution is -1.87. The topological polar surface area (TPSA) is 91.4 Å². The van der Waals surface area contributed by atoms with Crippen LogP contribution in [0, 0.1) is 17.1 Å². The molecule has 0 radical (unpaired) electrons. The van der Waals surface area contributed by atoms with Crippen molar-refractivity contribution in [3.05, 3.63) is 41.1 Å².